The van der Waals surface area contributed by atoms with Crippen LogP contribution in [0.1, 0.15) is 24.8 Å². The highest BCUT2D eigenvalue weighted by molar-refractivity contribution is 7.85. The monoisotopic (exact) mass is 489 g/mol. The minimum atomic E-state index is -6.45. The summed E-state index contributed by atoms with van der Waals surface area (Å²) >= 11 is 0. The van der Waals surface area contributed by atoms with Crippen LogP contribution in [-0.2, 0) is 35.6 Å². The average Bonchev–Trinajstić information content (AvgIpc) is 2.59. The van der Waals surface area contributed by atoms with Gasteiger partial charge < -0.3 is 14.0 Å². The van der Waals surface area contributed by atoms with Gasteiger partial charge in [-0.05, 0) is 12.0 Å². The highest BCUT2D eigenvalue weighted by atomic mass is 32.2. The summed E-state index contributed by atoms with van der Waals surface area (Å²) in [6.07, 6.45) is -14.8. The van der Waals surface area contributed by atoms with E-state index in [1.54, 1.807) is 24.3 Å². The summed E-state index contributed by atoms with van der Waals surface area (Å²) in [4.78, 5) is 23.1. The fraction of sp³-hybridized carbons (Fsp3) is 0.529. The van der Waals surface area contributed by atoms with Crippen molar-refractivity contribution in [3.63, 3.8) is 0 Å². The molecule has 1 aromatic rings. The average molecular weight is 489 g/mol. The van der Waals surface area contributed by atoms with Crippen molar-refractivity contribution in [1.29, 1.82) is 0 Å². The number of rotatable bonds is 10. The summed E-state index contributed by atoms with van der Waals surface area (Å²) in [6, 6.07) is 6.58. The van der Waals surface area contributed by atoms with Crippen LogP contribution in [0.5, 0.6) is 0 Å². The Morgan fingerprint density at radius 2 is 1.44 bits per heavy atom. The van der Waals surface area contributed by atoms with Gasteiger partial charge in [-0.3, -0.25) is 9.59 Å². The van der Waals surface area contributed by atoms with Gasteiger partial charge in [-0.2, -0.15) is 26.3 Å². The lowest BCUT2D eigenvalue weighted by atomic mass is 9.95. The molecule has 0 aromatic heterocycles. The molecular weight excluding hydrogens is 473 g/mol. The van der Waals surface area contributed by atoms with Gasteiger partial charge in [0.05, 0.1) is 22.5 Å². The molecule has 1 aromatic carbocycles. The zero-order chi connectivity index (χ0) is 24.8. The van der Waals surface area contributed by atoms with Crippen LogP contribution < -0.4 is 5.46 Å². The molecule has 0 saturated heterocycles. The van der Waals surface area contributed by atoms with Crippen LogP contribution in [0.3, 0.4) is 0 Å². The second-order valence-electron chi connectivity index (χ2n) is 6.56. The summed E-state index contributed by atoms with van der Waals surface area (Å²) in [7, 11) is -0.606. The zero-order valence-electron chi connectivity index (χ0n) is 16.2. The number of hydrogen-bond donors (Lipinski definition) is 0. The summed E-state index contributed by atoms with van der Waals surface area (Å²) in [5.41, 5.74) is -4.23. The largest absolute Gasteiger partial charge is 0.748 e. The van der Waals surface area contributed by atoms with E-state index in [1.165, 1.54) is 0 Å². The first-order valence-electron chi connectivity index (χ1n) is 8.76. The quantitative estimate of drug-likeness (QED) is 0.213. The van der Waals surface area contributed by atoms with E-state index in [0.717, 1.165) is 5.56 Å². The maximum Gasteiger partial charge on any atom is 0.438 e. The molecule has 0 aliphatic carbocycles. The molecule has 15 heteroatoms. The van der Waals surface area contributed by atoms with E-state index >= 15 is 0 Å². The first-order valence-corrected chi connectivity index (χ1v) is 10.3. The van der Waals surface area contributed by atoms with Crippen LogP contribution in [0.25, 0.3) is 0 Å². The molecule has 0 atom stereocenters. The number of benzene rings is 1. The lowest BCUT2D eigenvalue weighted by Crippen LogP contribution is -2.63. The third-order valence-electron chi connectivity index (χ3n) is 3.98. The van der Waals surface area contributed by atoms with Crippen molar-refractivity contribution in [3.8, 4) is 0 Å². The van der Waals surface area contributed by atoms with Gasteiger partial charge in [-0.1, -0.05) is 29.7 Å². The maximum absolute atomic E-state index is 13.0. The van der Waals surface area contributed by atoms with Crippen molar-refractivity contribution in [3.05, 3.63) is 29.8 Å². The summed E-state index contributed by atoms with van der Waals surface area (Å²) in [5, 5.41) is 0. The Labute approximate surface area is 180 Å². The topological polar surface area (TPSA) is 110 Å². The Morgan fingerprint density at radius 1 is 0.938 bits per heavy atom. The lowest BCUT2D eigenvalue weighted by molar-refractivity contribution is -0.361. The van der Waals surface area contributed by atoms with Crippen molar-refractivity contribution >= 4 is 35.4 Å². The molecule has 7 nitrogen and oxygen atoms in total. The van der Waals surface area contributed by atoms with Gasteiger partial charge in [-0.25, -0.2) is 8.42 Å². The van der Waals surface area contributed by atoms with E-state index in [0.29, 0.717) is 11.9 Å². The summed E-state index contributed by atoms with van der Waals surface area (Å²) in [5.74, 6) is -6.06. The van der Waals surface area contributed by atoms with Gasteiger partial charge in [0.15, 0.2) is 0 Å². The van der Waals surface area contributed by atoms with E-state index in [9.17, 15) is 48.9 Å². The van der Waals surface area contributed by atoms with Crippen LogP contribution in [0, 0.1) is 0 Å². The molecule has 2 radical (unpaired) electrons. The molecule has 0 saturated carbocycles. The van der Waals surface area contributed by atoms with Crippen LogP contribution in [0.2, 0.25) is 0 Å². The Kier molecular flexibility index (Phi) is 9.15. The van der Waals surface area contributed by atoms with Crippen LogP contribution in [0.15, 0.2) is 24.3 Å². The molecule has 0 aliphatic heterocycles. The highest BCUT2D eigenvalue weighted by Gasteiger charge is 2.75. The molecule has 0 unspecified atom stereocenters. The van der Waals surface area contributed by atoms with E-state index in [-0.39, 0.29) is 6.61 Å². The SMILES string of the molecule is [B]c1ccc(CCOC(=O)CCCC(=O)OC(CS(=O)(=O)[O-])(C(F)(F)F)C(F)(F)F)cc1. The van der Waals surface area contributed by atoms with Gasteiger partial charge >= 0.3 is 29.9 Å². The van der Waals surface area contributed by atoms with Crippen molar-refractivity contribution < 1.29 is 58.4 Å². The third kappa shape index (κ3) is 8.33. The molecule has 0 bridgehead atoms. The number of hydrogen-bond acceptors (Lipinski definition) is 7. The Bertz CT molecular complexity index is 883. The van der Waals surface area contributed by atoms with Crippen LogP contribution in [-0.4, -0.2) is 63.1 Å². The first-order chi connectivity index (χ1) is 14.5. The predicted octanol–water partition coefficient (Wildman–Crippen LogP) is 1.69. The molecule has 0 N–H and O–H groups in total. The van der Waals surface area contributed by atoms with E-state index < -0.39 is 65.0 Å². The summed E-state index contributed by atoms with van der Waals surface area (Å²) < 4.78 is 118. The summed E-state index contributed by atoms with van der Waals surface area (Å²) in [6.45, 7) is -0.0835. The first kappa shape index (κ1) is 27.7. The molecule has 0 amide bonds. The van der Waals surface area contributed by atoms with Crippen molar-refractivity contribution in [2.45, 2.75) is 43.6 Å². The number of carbonyl (C=O) groups is 2. The highest BCUT2D eigenvalue weighted by Crippen LogP contribution is 2.47. The Morgan fingerprint density at radius 3 is 1.91 bits per heavy atom. The van der Waals surface area contributed by atoms with Gasteiger partial charge in [0.25, 0.3) is 0 Å². The number of carbonyl (C=O) groups excluding carboxylic acids is 2. The maximum atomic E-state index is 13.0. The Hall–Kier alpha value is -2.29. The normalized spacial score (nSPS) is 13.0. The molecular formula is C17H16BF6O7S-. The molecule has 0 spiro atoms. The molecule has 178 valence electrons. The number of esters is 2. The van der Waals surface area contributed by atoms with Gasteiger partial charge in [0, 0.05) is 19.3 Å². The standard InChI is InChI=1S/C17H17BF6O7S/c18-12-6-4-11(5-7-12)8-9-30-13(25)2-1-3-14(26)31-15(16(19,20)21,17(22,23)24)10-32(27,28)29/h4-7H,1-3,8-10H2,(H,27,28,29)/p-1. The fourth-order valence-corrected chi connectivity index (χ4v) is 3.26. The van der Waals surface area contributed by atoms with Gasteiger partial charge in [0.1, 0.15) is 7.85 Å². The van der Waals surface area contributed by atoms with Crippen molar-refractivity contribution in [2.24, 2.45) is 0 Å². The molecule has 32 heavy (non-hydrogen) atoms. The molecule has 0 aliphatic rings. The predicted molar refractivity (Wildman–Crippen MR) is 95.8 cm³/mol. The van der Waals surface area contributed by atoms with Gasteiger partial charge in [0.2, 0.25) is 0 Å². The molecule has 1 rings (SSSR count). The van der Waals surface area contributed by atoms with Crippen LogP contribution >= 0.6 is 0 Å². The Balaban J connectivity index is 2.63. The van der Waals surface area contributed by atoms with Crippen LogP contribution in [0.4, 0.5) is 26.3 Å². The number of ether oxygens (including phenoxy) is 2. The number of halogens is 6. The lowest BCUT2D eigenvalue weighted by Gasteiger charge is -2.36. The third-order valence-corrected chi connectivity index (χ3v) is 4.74. The van der Waals surface area contributed by atoms with E-state index in [1.807, 2.05) is 0 Å². The number of alkyl halides is 6. The van der Waals surface area contributed by atoms with Crippen molar-refractivity contribution in [1.82, 2.24) is 0 Å². The van der Waals surface area contributed by atoms with Crippen molar-refractivity contribution in [2.75, 3.05) is 12.4 Å². The second kappa shape index (κ2) is 10.6. The fourth-order valence-electron chi connectivity index (χ4n) is 2.38. The molecule has 0 fully saturated rings. The zero-order valence-corrected chi connectivity index (χ0v) is 17.0. The minimum absolute atomic E-state index is 0.0835. The molecule has 0 heterocycles. The van der Waals surface area contributed by atoms with E-state index in [4.69, 9.17) is 12.6 Å². The van der Waals surface area contributed by atoms with Gasteiger partial charge in [-0.15, -0.1) is 0 Å². The van der Waals surface area contributed by atoms with E-state index in [2.05, 4.69) is 4.74 Å². The minimum Gasteiger partial charge on any atom is -0.748 e. The smallest absolute Gasteiger partial charge is 0.438 e. The second-order valence-corrected chi connectivity index (χ2v) is 7.97.